The fourth-order valence-electron chi connectivity index (χ4n) is 12.1. The number of methoxy groups -OCH3 is 3. The molecule has 5 aliphatic rings. The second-order valence-corrected chi connectivity index (χ2v) is 16.1. The maximum Gasteiger partial charge on any atom is 0.340 e. The number of nitrogens with zero attached hydrogens (tertiary/aromatic N) is 2. The fraction of sp³-hybridized carbons (Fsp3) is 0.634. The van der Waals surface area contributed by atoms with Crippen LogP contribution in [0, 0.1) is 36.0 Å². The number of rotatable bonds is 11. The first kappa shape index (κ1) is 37.1. The summed E-state index contributed by atoms with van der Waals surface area (Å²) in [4.78, 5) is 34.2. The highest BCUT2D eigenvalue weighted by Gasteiger charge is 2.87. The number of likely N-dealkylation sites (N-methyl/N-ethyl adjacent to an activating group) is 1. The Morgan fingerprint density at radius 2 is 1.87 bits per heavy atom. The van der Waals surface area contributed by atoms with Gasteiger partial charge in [-0.3, -0.25) is 14.7 Å². The zero-order valence-electron chi connectivity index (χ0n) is 31.5. The third-order valence-electron chi connectivity index (χ3n) is 13.9. The molecule has 1 spiro atoms. The molecule has 5 bridgehead atoms. The van der Waals surface area contributed by atoms with Crippen LogP contribution in [0.1, 0.15) is 74.5 Å². The van der Waals surface area contributed by atoms with Gasteiger partial charge in [0, 0.05) is 81.5 Å². The SMILES string of the molecule is CCN1C[C@]2(OC(=O)c3ccccc3NC(=O)/C=C/c3ccc(C)nc3)CC[C@H](OC)C34[C@@H]1C(C[C@@H]32)[C@@](O)(C[C@@H](C)OC)[C@@]1(O)[C@@H](OC)[C@@H](C)C[C@@H]41. The van der Waals surface area contributed by atoms with E-state index in [-0.39, 0.29) is 59.8 Å². The topological polar surface area (TPSA) is 140 Å². The van der Waals surface area contributed by atoms with E-state index in [9.17, 15) is 19.8 Å². The second kappa shape index (κ2) is 13.6. The first-order chi connectivity index (χ1) is 24.8. The Morgan fingerprint density at radius 1 is 1.10 bits per heavy atom. The highest BCUT2D eigenvalue weighted by molar-refractivity contribution is 6.06. The lowest BCUT2D eigenvalue weighted by atomic mass is 9.44. The van der Waals surface area contributed by atoms with Crippen LogP contribution in [-0.4, -0.2) is 108 Å². The van der Waals surface area contributed by atoms with Crippen molar-refractivity contribution < 1.29 is 38.7 Å². The molecule has 4 saturated carbocycles. The Hall–Kier alpha value is -3.19. The van der Waals surface area contributed by atoms with Crippen LogP contribution in [0.5, 0.6) is 0 Å². The number of para-hydroxylation sites is 1. The number of hydrogen-bond donors (Lipinski definition) is 3. The first-order valence-electron chi connectivity index (χ1n) is 18.9. The van der Waals surface area contributed by atoms with Gasteiger partial charge in [0.1, 0.15) is 16.8 Å². The van der Waals surface area contributed by atoms with Crippen LogP contribution in [0.25, 0.3) is 6.08 Å². The molecule has 1 aromatic carbocycles. The number of esters is 1. The van der Waals surface area contributed by atoms with Gasteiger partial charge in [-0.2, -0.15) is 0 Å². The molecule has 1 amide bonds. The van der Waals surface area contributed by atoms with Crippen molar-refractivity contribution in [2.45, 2.75) is 101 Å². The average molecular weight is 718 g/mol. The van der Waals surface area contributed by atoms with Gasteiger partial charge in [-0.05, 0) is 81.8 Å². The Kier molecular flexibility index (Phi) is 9.70. The standard InChI is InChI=1S/C41H55N3O8/c1-8-44-23-38(52-37(46)28-11-9-10-12-30(28)43-34(45)16-15-27-14-13-25(3)42-22-27)18-17-33(50-6)40-31(38)20-29(35(40)44)39(47,21-26(4)49-5)41(48)32(40)19-24(2)36(41)51-7/h9-16,22,24,26,29,31-33,35-36,47-48H,8,17-21,23H2,1-7H3,(H,43,45)/b16-15+/t24-,26+,29?,31+,32-,33-,35-,36-,38+,39-,40?,41-/m0/s1. The number of aliphatic hydroxyl groups is 2. The van der Waals surface area contributed by atoms with Gasteiger partial charge in [0.05, 0.1) is 29.6 Å². The minimum atomic E-state index is -1.58. The number of ether oxygens (including phenoxy) is 4. The molecule has 1 saturated heterocycles. The molecular formula is C41H55N3O8. The summed E-state index contributed by atoms with van der Waals surface area (Å²) in [6.07, 6.45) is 6.33. The lowest BCUT2D eigenvalue weighted by Gasteiger charge is -2.70. The van der Waals surface area contributed by atoms with Crippen LogP contribution in [0.3, 0.4) is 0 Å². The molecule has 3 N–H and O–H groups in total. The van der Waals surface area contributed by atoms with Gasteiger partial charge in [0.15, 0.2) is 0 Å². The zero-order valence-corrected chi connectivity index (χ0v) is 31.5. The van der Waals surface area contributed by atoms with Crippen molar-refractivity contribution in [3.63, 3.8) is 0 Å². The second-order valence-electron chi connectivity index (χ2n) is 16.1. The average Bonchev–Trinajstić information content (AvgIpc) is 3.56. The molecule has 2 aromatic rings. The number of nitrogens with one attached hydrogen (secondary N) is 1. The number of piperidine rings is 1. The lowest BCUT2D eigenvalue weighted by Crippen LogP contribution is -2.82. The van der Waals surface area contributed by atoms with Gasteiger partial charge >= 0.3 is 5.97 Å². The first-order valence-corrected chi connectivity index (χ1v) is 18.9. The molecule has 282 valence electrons. The molecule has 1 aliphatic heterocycles. The number of hydrogen-bond acceptors (Lipinski definition) is 10. The summed E-state index contributed by atoms with van der Waals surface area (Å²) in [5.41, 5.74) is -2.35. The maximum absolute atomic E-state index is 14.5. The highest BCUT2D eigenvalue weighted by Crippen LogP contribution is 2.77. The van der Waals surface area contributed by atoms with E-state index in [0.29, 0.717) is 44.5 Å². The number of amides is 1. The monoisotopic (exact) mass is 717 g/mol. The van der Waals surface area contributed by atoms with E-state index in [4.69, 9.17) is 18.9 Å². The van der Waals surface area contributed by atoms with Gasteiger partial charge in [-0.1, -0.05) is 32.0 Å². The molecule has 0 radical (unpaired) electrons. The summed E-state index contributed by atoms with van der Waals surface area (Å²) in [7, 11) is 5.01. The number of aryl methyl sites for hydroxylation is 1. The Labute approximate surface area is 307 Å². The molecular weight excluding hydrogens is 662 g/mol. The van der Waals surface area contributed by atoms with Crippen LogP contribution in [-0.2, 0) is 23.7 Å². The molecule has 11 heteroatoms. The Balaban J connectivity index is 1.27. The van der Waals surface area contributed by atoms with Crippen LogP contribution in [0.4, 0.5) is 5.69 Å². The highest BCUT2D eigenvalue weighted by atomic mass is 16.6. The van der Waals surface area contributed by atoms with E-state index >= 15 is 0 Å². The van der Waals surface area contributed by atoms with Gasteiger partial charge in [-0.15, -0.1) is 0 Å². The third kappa shape index (κ3) is 5.25. The van der Waals surface area contributed by atoms with Crippen LogP contribution >= 0.6 is 0 Å². The van der Waals surface area contributed by atoms with E-state index in [2.05, 4.69) is 29.0 Å². The van der Waals surface area contributed by atoms with E-state index in [1.165, 1.54) is 6.08 Å². The van der Waals surface area contributed by atoms with Crippen LogP contribution in [0.15, 0.2) is 48.7 Å². The summed E-state index contributed by atoms with van der Waals surface area (Å²) < 4.78 is 25.2. The number of likely N-dealkylation sites (tertiary alicyclic amines) is 1. The number of pyridine rings is 1. The lowest BCUT2D eigenvalue weighted by molar-refractivity contribution is -0.330. The number of carbonyl (C=O) groups excluding carboxylic acids is 2. The Bertz CT molecular complexity index is 1700. The number of benzene rings is 1. The molecule has 5 fully saturated rings. The summed E-state index contributed by atoms with van der Waals surface area (Å²) in [5.74, 6) is -1.86. The van der Waals surface area contributed by atoms with E-state index in [1.807, 2.05) is 26.0 Å². The smallest absolute Gasteiger partial charge is 0.340 e. The zero-order chi connectivity index (χ0) is 37.2. The van der Waals surface area contributed by atoms with Gasteiger partial charge in [0.25, 0.3) is 0 Å². The van der Waals surface area contributed by atoms with Crippen LogP contribution < -0.4 is 5.32 Å². The fourth-order valence-corrected chi connectivity index (χ4v) is 12.1. The molecule has 11 nitrogen and oxygen atoms in total. The minimum Gasteiger partial charge on any atom is -0.454 e. The maximum atomic E-state index is 14.5. The summed E-state index contributed by atoms with van der Waals surface area (Å²) >= 11 is 0. The molecule has 52 heavy (non-hydrogen) atoms. The molecule has 1 aromatic heterocycles. The van der Waals surface area contributed by atoms with Crippen molar-refractivity contribution in [1.29, 1.82) is 0 Å². The van der Waals surface area contributed by atoms with Crippen molar-refractivity contribution in [3.05, 3.63) is 65.5 Å². The van der Waals surface area contributed by atoms with Crippen molar-refractivity contribution in [2.24, 2.45) is 29.1 Å². The van der Waals surface area contributed by atoms with Gasteiger partial charge in [0.2, 0.25) is 5.91 Å². The summed E-state index contributed by atoms with van der Waals surface area (Å²) in [6.45, 7) is 9.22. The molecule has 4 aliphatic carbocycles. The molecule has 7 rings (SSSR count). The predicted octanol–water partition coefficient (Wildman–Crippen LogP) is 4.64. The van der Waals surface area contributed by atoms with Crippen LogP contribution in [0.2, 0.25) is 0 Å². The van der Waals surface area contributed by atoms with E-state index < -0.39 is 34.3 Å². The molecule has 2 heterocycles. The number of fused-ring (bicyclic) bond motifs is 1. The number of anilines is 1. The predicted molar refractivity (Wildman–Crippen MR) is 195 cm³/mol. The summed E-state index contributed by atoms with van der Waals surface area (Å²) in [5, 5.41) is 29.3. The van der Waals surface area contributed by atoms with E-state index in [0.717, 1.165) is 11.3 Å². The summed E-state index contributed by atoms with van der Waals surface area (Å²) in [6, 6.07) is 10.6. The molecule has 2 unspecified atom stereocenters. The van der Waals surface area contributed by atoms with Crippen molar-refractivity contribution in [2.75, 3.05) is 39.7 Å². The van der Waals surface area contributed by atoms with Gasteiger partial charge < -0.3 is 34.5 Å². The molecule has 12 atom stereocenters. The minimum absolute atomic E-state index is 0.0305. The third-order valence-corrected chi connectivity index (χ3v) is 13.9. The van der Waals surface area contributed by atoms with Gasteiger partial charge in [-0.25, -0.2) is 4.79 Å². The normalized spacial score (nSPS) is 39.7. The Morgan fingerprint density at radius 3 is 2.54 bits per heavy atom. The quantitative estimate of drug-likeness (QED) is 0.223. The van der Waals surface area contributed by atoms with E-state index in [1.54, 1.807) is 57.9 Å². The number of carbonyl (C=O) groups is 2. The van der Waals surface area contributed by atoms with Crippen molar-refractivity contribution in [1.82, 2.24) is 9.88 Å². The number of aromatic nitrogens is 1. The van der Waals surface area contributed by atoms with Crippen molar-refractivity contribution in [3.8, 4) is 0 Å². The van der Waals surface area contributed by atoms with Crippen molar-refractivity contribution >= 4 is 23.6 Å². The largest absolute Gasteiger partial charge is 0.454 e.